The zero-order chi connectivity index (χ0) is 15.1. The van der Waals surface area contributed by atoms with E-state index in [1.165, 1.54) is 5.69 Å². The first kappa shape index (κ1) is 15.7. The Labute approximate surface area is 132 Å². The fourth-order valence-corrected chi connectivity index (χ4v) is 2.61. The van der Waals surface area contributed by atoms with Crippen molar-refractivity contribution >= 4 is 17.3 Å². The van der Waals surface area contributed by atoms with Gasteiger partial charge >= 0.3 is 0 Å². The average Bonchev–Trinajstić information content (AvgIpc) is 2.54. The Hall–Kier alpha value is -1.67. The lowest BCUT2D eigenvalue weighted by Gasteiger charge is -2.26. The van der Waals surface area contributed by atoms with Crippen LogP contribution in [0.15, 0.2) is 54.6 Å². The average molecular weight is 304 g/mol. The molecule has 1 unspecified atom stereocenters. The quantitative estimate of drug-likeness (QED) is 0.675. The van der Waals surface area contributed by atoms with Crippen LogP contribution in [0.2, 0.25) is 0 Å². The molecule has 0 aliphatic heterocycles. The van der Waals surface area contributed by atoms with Gasteiger partial charge in [-0.15, -0.1) is 11.6 Å². The summed E-state index contributed by atoms with van der Waals surface area (Å²) >= 11 is 6.58. The van der Waals surface area contributed by atoms with Gasteiger partial charge in [0.25, 0.3) is 0 Å². The molecule has 1 atom stereocenters. The number of alkyl halides is 1. The van der Waals surface area contributed by atoms with Crippen LogP contribution >= 0.6 is 11.6 Å². The van der Waals surface area contributed by atoms with Gasteiger partial charge in [0.15, 0.2) is 0 Å². The van der Waals surface area contributed by atoms with Crippen LogP contribution in [0.1, 0.15) is 24.8 Å². The Morgan fingerprint density at radius 2 is 1.67 bits per heavy atom. The van der Waals surface area contributed by atoms with Crippen LogP contribution in [-0.2, 0) is 0 Å². The molecule has 2 nitrogen and oxygen atoms in total. The first-order chi connectivity index (χ1) is 10.2. The van der Waals surface area contributed by atoms with Crippen LogP contribution in [-0.4, -0.2) is 19.7 Å². The van der Waals surface area contributed by atoms with Gasteiger partial charge < -0.3 is 9.64 Å². The van der Waals surface area contributed by atoms with Crippen molar-refractivity contribution in [1.82, 2.24) is 0 Å². The van der Waals surface area contributed by atoms with Gasteiger partial charge in [0.2, 0.25) is 0 Å². The van der Waals surface area contributed by atoms with Gasteiger partial charge in [-0.1, -0.05) is 30.3 Å². The second-order valence-electron chi connectivity index (χ2n) is 4.84. The van der Waals surface area contributed by atoms with Gasteiger partial charge in [-0.2, -0.15) is 0 Å². The van der Waals surface area contributed by atoms with Crippen molar-refractivity contribution in [3.05, 3.63) is 60.2 Å². The third kappa shape index (κ3) is 4.40. The van der Waals surface area contributed by atoms with Gasteiger partial charge in [-0.05, 0) is 43.7 Å². The van der Waals surface area contributed by atoms with Crippen molar-refractivity contribution in [2.75, 3.05) is 24.6 Å². The van der Waals surface area contributed by atoms with E-state index < -0.39 is 0 Å². The highest BCUT2D eigenvalue weighted by Crippen LogP contribution is 2.26. The second-order valence-corrected chi connectivity index (χ2v) is 5.37. The fraction of sp³-hybridized carbons (Fsp3) is 0.333. The van der Waals surface area contributed by atoms with E-state index in [4.69, 9.17) is 16.3 Å². The number of hydrogen-bond acceptors (Lipinski definition) is 2. The zero-order valence-corrected chi connectivity index (χ0v) is 13.4. The summed E-state index contributed by atoms with van der Waals surface area (Å²) in [5.74, 6) is 0.889. The molecule has 0 radical (unpaired) electrons. The predicted molar refractivity (Wildman–Crippen MR) is 90.5 cm³/mol. The lowest BCUT2D eigenvalue weighted by molar-refractivity contribution is 0.340. The van der Waals surface area contributed by atoms with Crippen LogP contribution in [0.5, 0.6) is 5.75 Å². The number of benzene rings is 2. The van der Waals surface area contributed by atoms with E-state index in [9.17, 15) is 0 Å². The monoisotopic (exact) mass is 303 g/mol. The highest BCUT2D eigenvalue weighted by atomic mass is 35.5. The molecule has 2 aromatic rings. The van der Waals surface area contributed by atoms with Crippen molar-refractivity contribution in [3.8, 4) is 5.75 Å². The third-order valence-corrected chi connectivity index (χ3v) is 3.83. The second kappa shape index (κ2) is 7.94. The molecule has 3 heteroatoms. The largest absolute Gasteiger partial charge is 0.494 e. The molecule has 21 heavy (non-hydrogen) atoms. The van der Waals surface area contributed by atoms with Gasteiger partial charge in [0.05, 0.1) is 12.0 Å². The molecule has 0 amide bonds. The molecule has 0 aliphatic carbocycles. The van der Waals surface area contributed by atoms with Crippen molar-refractivity contribution in [1.29, 1.82) is 0 Å². The van der Waals surface area contributed by atoms with Crippen molar-refractivity contribution < 1.29 is 4.74 Å². The Balaban J connectivity index is 2.03. The summed E-state index contributed by atoms with van der Waals surface area (Å²) in [7, 11) is 0. The van der Waals surface area contributed by atoms with Gasteiger partial charge in [-0.25, -0.2) is 0 Å². The number of nitrogens with zero attached hydrogens (tertiary/aromatic N) is 1. The number of anilines is 1. The van der Waals surface area contributed by atoms with Crippen molar-refractivity contribution in [2.24, 2.45) is 0 Å². The lowest BCUT2D eigenvalue weighted by Crippen LogP contribution is -2.26. The molecular weight excluding hydrogens is 282 g/mol. The topological polar surface area (TPSA) is 12.5 Å². The first-order valence-electron chi connectivity index (χ1n) is 7.41. The minimum atomic E-state index is -0.0409. The Morgan fingerprint density at radius 1 is 1.00 bits per heavy atom. The number of rotatable bonds is 7. The molecule has 0 heterocycles. The van der Waals surface area contributed by atoms with Crippen molar-refractivity contribution in [3.63, 3.8) is 0 Å². The van der Waals surface area contributed by atoms with Gasteiger partial charge in [0.1, 0.15) is 5.75 Å². The minimum Gasteiger partial charge on any atom is -0.494 e. The molecule has 112 valence electrons. The Bertz CT molecular complexity index is 527. The van der Waals surface area contributed by atoms with E-state index in [-0.39, 0.29) is 5.38 Å². The van der Waals surface area contributed by atoms with E-state index in [2.05, 4.69) is 36.1 Å². The van der Waals surface area contributed by atoms with E-state index >= 15 is 0 Å². The van der Waals surface area contributed by atoms with Crippen molar-refractivity contribution in [2.45, 2.75) is 19.2 Å². The molecular formula is C18H22ClNO. The maximum absolute atomic E-state index is 6.58. The number of para-hydroxylation sites is 1. The molecule has 0 saturated heterocycles. The fourth-order valence-electron chi connectivity index (χ4n) is 2.29. The van der Waals surface area contributed by atoms with Crippen LogP contribution in [0.25, 0.3) is 0 Å². The van der Waals surface area contributed by atoms with E-state index in [1.54, 1.807) is 0 Å². The zero-order valence-electron chi connectivity index (χ0n) is 12.6. The SMILES string of the molecule is CCOc1ccc(C(Cl)CN(CC)c2ccccc2)cc1. The summed E-state index contributed by atoms with van der Waals surface area (Å²) in [6, 6.07) is 18.4. The molecule has 0 fully saturated rings. The normalized spacial score (nSPS) is 12.0. The van der Waals surface area contributed by atoms with Crippen LogP contribution in [0.4, 0.5) is 5.69 Å². The number of likely N-dealkylation sites (N-methyl/N-ethyl adjacent to an activating group) is 1. The molecule has 2 rings (SSSR count). The van der Waals surface area contributed by atoms with E-state index in [0.717, 1.165) is 24.4 Å². The summed E-state index contributed by atoms with van der Waals surface area (Å²) in [4.78, 5) is 2.29. The summed E-state index contributed by atoms with van der Waals surface area (Å²) < 4.78 is 5.46. The van der Waals surface area contributed by atoms with E-state index in [1.807, 2.05) is 37.3 Å². The Morgan fingerprint density at radius 3 is 2.24 bits per heavy atom. The standard InChI is InChI=1S/C18H22ClNO/c1-3-20(16-8-6-5-7-9-16)14-18(19)15-10-12-17(13-11-15)21-4-2/h5-13,18H,3-4,14H2,1-2H3. The third-order valence-electron chi connectivity index (χ3n) is 3.44. The van der Waals surface area contributed by atoms with Gasteiger partial charge in [-0.3, -0.25) is 0 Å². The summed E-state index contributed by atoms with van der Waals surface area (Å²) in [6.07, 6.45) is 0. The molecule has 0 bridgehead atoms. The predicted octanol–water partition coefficient (Wildman–Crippen LogP) is 4.89. The highest BCUT2D eigenvalue weighted by molar-refractivity contribution is 6.21. The molecule has 0 saturated carbocycles. The smallest absolute Gasteiger partial charge is 0.119 e. The molecule has 0 aliphatic rings. The lowest BCUT2D eigenvalue weighted by atomic mass is 10.1. The summed E-state index contributed by atoms with van der Waals surface area (Å²) in [5, 5.41) is -0.0409. The van der Waals surface area contributed by atoms with Crippen LogP contribution in [0, 0.1) is 0 Å². The maximum atomic E-state index is 6.58. The number of halogens is 1. The van der Waals surface area contributed by atoms with Crippen LogP contribution < -0.4 is 9.64 Å². The van der Waals surface area contributed by atoms with E-state index in [0.29, 0.717) is 6.61 Å². The number of ether oxygens (including phenoxy) is 1. The molecule has 2 aromatic carbocycles. The molecule has 0 N–H and O–H groups in total. The molecule has 0 aromatic heterocycles. The summed E-state index contributed by atoms with van der Waals surface area (Å²) in [5.41, 5.74) is 2.33. The maximum Gasteiger partial charge on any atom is 0.119 e. The highest BCUT2D eigenvalue weighted by Gasteiger charge is 2.13. The first-order valence-corrected chi connectivity index (χ1v) is 7.85. The minimum absolute atomic E-state index is 0.0409. The number of hydrogen-bond donors (Lipinski definition) is 0. The van der Waals surface area contributed by atoms with Crippen LogP contribution in [0.3, 0.4) is 0 Å². The van der Waals surface area contributed by atoms with Gasteiger partial charge in [0, 0.05) is 18.8 Å². The molecule has 0 spiro atoms. The summed E-state index contributed by atoms with van der Waals surface area (Å²) in [6.45, 7) is 6.54. The Kier molecular flexibility index (Phi) is 5.94.